The Hall–Kier alpha value is -2.22. The zero-order chi connectivity index (χ0) is 18.4. The monoisotopic (exact) mass is 367 g/mol. The van der Waals surface area contributed by atoms with E-state index in [1.807, 2.05) is 0 Å². The van der Waals surface area contributed by atoms with Crippen LogP contribution in [-0.2, 0) is 11.2 Å². The zero-order valence-electron chi connectivity index (χ0n) is 14.2. The van der Waals surface area contributed by atoms with Gasteiger partial charge in [-0.1, -0.05) is 0 Å². The molecule has 5 nitrogen and oxygen atoms in total. The molecule has 0 fully saturated rings. The van der Waals surface area contributed by atoms with E-state index in [1.54, 1.807) is 45.2 Å². The molecule has 1 aromatic carbocycles. The molecule has 0 spiro atoms. The number of benzene rings is 1. The molecule has 0 saturated carbocycles. The van der Waals surface area contributed by atoms with Crippen molar-refractivity contribution in [2.75, 3.05) is 12.4 Å². The first-order valence-electron chi connectivity index (χ1n) is 7.62. The Balaban J connectivity index is 1.96. The Kier molecular flexibility index (Phi) is 6.69. The average molecular weight is 367 g/mol. The molecule has 0 saturated heterocycles. The van der Waals surface area contributed by atoms with Crippen molar-refractivity contribution in [1.29, 1.82) is 0 Å². The molecule has 0 bridgehead atoms. The minimum absolute atomic E-state index is 0.0523. The van der Waals surface area contributed by atoms with Gasteiger partial charge < -0.3 is 10.1 Å². The highest BCUT2D eigenvalue weighted by atomic mass is 32.2. The number of carbonyl (C=O) groups excluding carboxylic acids is 1. The lowest BCUT2D eigenvalue weighted by molar-refractivity contribution is -0.116. The summed E-state index contributed by atoms with van der Waals surface area (Å²) in [5, 5.41) is 2.85. The van der Waals surface area contributed by atoms with E-state index in [-0.39, 0.29) is 17.5 Å². The number of aromatic nitrogens is 2. The van der Waals surface area contributed by atoms with E-state index in [0.717, 1.165) is 5.56 Å². The van der Waals surface area contributed by atoms with Gasteiger partial charge in [-0.2, -0.15) is 8.78 Å². The van der Waals surface area contributed by atoms with Crippen LogP contribution in [0.1, 0.15) is 23.4 Å². The Morgan fingerprint density at radius 3 is 2.32 bits per heavy atom. The van der Waals surface area contributed by atoms with Crippen molar-refractivity contribution in [3.63, 3.8) is 0 Å². The van der Waals surface area contributed by atoms with E-state index in [2.05, 4.69) is 15.3 Å². The highest BCUT2D eigenvalue weighted by Crippen LogP contribution is 2.24. The molecule has 0 aliphatic carbocycles. The number of methoxy groups -OCH3 is 1. The summed E-state index contributed by atoms with van der Waals surface area (Å²) in [5.74, 6) is -1.99. The summed E-state index contributed by atoms with van der Waals surface area (Å²) in [5.41, 5.74) is 2.73. The van der Waals surface area contributed by atoms with Crippen molar-refractivity contribution in [1.82, 2.24) is 9.97 Å². The van der Waals surface area contributed by atoms with Gasteiger partial charge in [-0.3, -0.25) is 4.79 Å². The summed E-state index contributed by atoms with van der Waals surface area (Å²) >= 11 is 0.320. The fourth-order valence-corrected chi connectivity index (χ4v) is 2.88. The lowest BCUT2D eigenvalue weighted by Crippen LogP contribution is -2.13. The van der Waals surface area contributed by atoms with E-state index in [4.69, 9.17) is 4.74 Å². The van der Waals surface area contributed by atoms with E-state index in [0.29, 0.717) is 41.0 Å². The van der Waals surface area contributed by atoms with Crippen molar-refractivity contribution >= 4 is 23.4 Å². The third-order valence-electron chi connectivity index (χ3n) is 3.57. The summed E-state index contributed by atoms with van der Waals surface area (Å²) in [6.07, 6.45) is 0.692. The van der Waals surface area contributed by atoms with Crippen LogP contribution in [0.4, 0.5) is 14.5 Å². The molecule has 0 atom stereocenters. The number of amides is 1. The van der Waals surface area contributed by atoms with Crippen LogP contribution >= 0.6 is 11.8 Å². The number of nitrogens with zero attached hydrogens (tertiary/aromatic N) is 2. The summed E-state index contributed by atoms with van der Waals surface area (Å²) in [7, 11) is 1.57. The summed E-state index contributed by atoms with van der Waals surface area (Å²) < 4.78 is 29.9. The number of halogens is 2. The van der Waals surface area contributed by atoms with Gasteiger partial charge in [-0.15, -0.1) is 0 Å². The molecule has 25 heavy (non-hydrogen) atoms. The van der Waals surface area contributed by atoms with Crippen molar-refractivity contribution in [2.24, 2.45) is 0 Å². The first-order chi connectivity index (χ1) is 11.9. The SMILES string of the molecule is COc1ccc(NC(=O)CCc2c(C)nc(SC(F)F)nc2C)cc1. The lowest BCUT2D eigenvalue weighted by atomic mass is 10.1. The maximum absolute atomic E-state index is 12.4. The summed E-state index contributed by atoms with van der Waals surface area (Å²) in [6.45, 7) is 3.47. The topological polar surface area (TPSA) is 64.1 Å². The fourth-order valence-electron chi connectivity index (χ4n) is 2.34. The number of anilines is 1. The van der Waals surface area contributed by atoms with Gasteiger partial charge in [0.25, 0.3) is 5.76 Å². The Morgan fingerprint density at radius 1 is 1.20 bits per heavy atom. The number of nitrogens with one attached hydrogen (secondary N) is 1. The van der Waals surface area contributed by atoms with E-state index in [9.17, 15) is 13.6 Å². The lowest BCUT2D eigenvalue weighted by Gasteiger charge is -2.11. The number of aryl methyl sites for hydroxylation is 2. The van der Waals surface area contributed by atoms with Crippen molar-refractivity contribution in [2.45, 2.75) is 37.6 Å². The number of rotatable bonds is 7. The smallest absolute Gasteiger partial charge is 0.291 e. The number of carbonyl (C=O) groups is 1. The van der Waals surface area contributed by atoms with Crippen LogP contribution in [-0.4, -0.2) is 28.7 Å². The number of hydrogen-bond acceptors (Lipinski definition) is 5. The zero-order valence-corrected chi connectivity index (χ0v) is 15.0. The van der Waals surface area contributed by atoms with Gasteiger partial charge >= 0.3 is 0 Å². The Morgan fingerprint density at radius 2 is 1.80 bits per heavy atom. The standard InChI is InChI=1S/C17H19F2N3O2S/c1-10-14(11(2)21-17(20-10)25-16(18)19)8-9-15(23)22-12-4-6-13(24-3)7-5-12/h4-7,16H,8-9H2,1-3H3,(H,22,23). The van der Waals surface area contributed by atoms with Crippen molar-refractivity contribution in [3.05, 3.63) is 41.2 Å². The molecule has 2 aromatic rings. The molecule has 1 amide bonds. The highest BCUT2D eigenvalue weighted by Gasteiger charge is 2.14. The van der Waals surface area contributed by atoms with Gasteiger partial charge in [0.2, 0.25) is 5.91 Å². The van der Waals surface area contributed by atoms with Crippen LogP contribution in [0.25, 0.3) is 0 Å². The molecule has 8 heteroatoms. The van der Waals surface area contributed by atoms with Gasteiger partial charge in [0, 0.05) is 23.5 Å². The maximum atomic E-state index is 12.4. The minimum atomic E-state index is -2.56. The van der Waals surface area contributed by atoms with Crippen LogP contribution < -0.4 is 10.1 Å². The number of alkyl halides is 2. The quantitative estimate of drug-likeness (QED) is 0.592. The highest BCUT2D eigenvalue weighted by molar-refractivity contribution is 7.99. The first-order valence-corrected chi connectivity index (χ1v) is 8.50. The number of ether oxygens (including phenoxy) is 1. The van der Waals surface area contributed by atoms with Gasteiger partial charge in [0.05, 0.1) is 7.11 Å². The second kappa shape index (κ2) is 8.75. The van der Waals surface area contributed by atoms with Gasteiger partial charge in [0.1, 0.15) is 5.75 Å². The van der Waals surface area contributed by atoms with Crippen LogP contribution in [0.2, 0.25) is 0 Å². The van der Waals surface area contributed by atoms with Crippen molar-refractivity contribution in [3.8, 4) is 5.75 Å². The molecular weight excluding hydrogens is 348 g/mol. The molecule has 2 rings (SSSR count). The van der Waals surface area contributed by atoms with Gasteiger partial charge in [-0.25, -0.2) is 9.97 Å². The number of hydrogen-bond donors (Lipinski definition) is 1. The largest absolute Gasteiger partial charge is 0.497 e. The molecule has 0 aliphatic heterocycles. The van der Waals surface area contributed by atoms with Crippen LogP contribution in [0, 0.1) is 13.8 Å². The predicted molar refractivity (Wildman–Crippen MR) is 93.3 cm³/mol. The van der Waals surface area contributed by atoms with E-state index in [1.165, 1.54) is 0 Å². The maximum Gasteiger partial charge on any atom is 0.291 e. The molecule has 1 heterocycles. The normalized spacial score (nSPS) is 10.8. The Labute approximate surface area is 149 Å². The van der Waals surface area contributed by atoms with Gasteiger partial charge in [0.15, 0.2) is 5.16 Å². The van der Waals surface area contributed by atoms with Crippen molar-refractivity contribution < 1.29 is 18.3 Å². The molecule has 0 radical (unpaired) electrons. The van der Waals surface area contributed by atoms with E-state index >= 15 is 0 Å². The predicted octanol–water partition coefficient (Wildman–Crippen LogP) is 3.99. The molecule has 0 aliphatic rings. The molecule has 1 aromatic heterocycles. The van der Waals surface area contributed by atoms with E-state index < -0.39 is 5.76 Å². The van der Waals surface area contributed by atoms with Gasteiger partial charge in [-0.05, 0) is 61.9 Å². The van der Waals surface area contributed by atoms with Crippen LogP contribution in [0.5, 0.6) is 5.75 Å². The first kappa shape index (κ1) is 19.1. The third kappa shape index (κ3) is 5.67. The summed E-state index contributed by atoms with van der Waals surface area (Å²) in [4.78, 5) is 20.3. The molecule has 0 unspecified atom stereocenters. The minimum Gasteiger partial charge on any atom is -0.497 e. The molecule has 134 valence electrons. The Bertz CT molecular complexity index is 716. The summed E-state index contributed by atoms with van der Waals surface area (Å²) in [6, 6.07) is 7.04. The fraction of sp³-hybridized carbons (Fsp3) is 0.353. The van der Waals surface area contributed by atoms with Crippen LogP contribution in [0.15, 0.2) is 29.4 Å². The third-order valence-corrected chi connectivity index (χ3v) is 4.14. The average Bonchev–Trinajstić information content (AvgIpc) is 2.54. The second-order valence-corrected chi connectivity index (χ2v) is 6.27. The number of thioether (sulfide) groups is 1. The second-order valence-electron chi connectivity index (χ2n) is 5.31. The van der Waals surface area contributed by atoms with Crippen LogP contribution in [0.3, 0.4) is 0 Å². The molecule has 1 N–H and O–H groups in total. The molecular formula is C17H19F2N3O2S.